The van der Waals surface area contributed by atoms with Gasteiger partial charge in [0.05, 0.1) is 0 Å². The SMILES string of the molecule is Cc1cc2ccccc2n1CC(=O)NNC(=O)C(C)Oc1ccccc1F. The van der Waals surface area contributed by atoms with Crippen LogP contribution in [0.1, 0.15) is 12.6 Å². The fraction of sp³-hybridized carbons (Fsp3) is 0.200. The monoisotopic (exact) mass is 369 g/mol. The number of halogens is 1. The molecule has 2 N–H and O–H groups in total. The van der Waals surface area contributed by atoms with Gasteiger partial charge in [-0.25, -0.2) is 4.39 Å². The zero-order chi connectivity index (χ0) is 19.4. The van der Waals surface area contributed by atoms with Gasteiger partial charge in [0.15, 0.2) is 17.7 Å². The van der Waals surface area contributed by atoms with Crippen molar-refractivity contribution in [1.82, 2.24) is 15.4 Å². The summed E-state index contributed by atoms with van der Waals surface area (Å²) >= 11 is 0. The first-order chi connectivity index (χ1) is 13.0. The second-order valence-corrected chi connectivity index (χ2v) is 6.16. The Balaban J connectivity index is 1.56. The molecule has 7 heteroatoms. The van der Waals surface area contributed by atoms with Crippen LogP contribution in [0.2, 0.25) is 0 Å². The molecule has 1 aromatic heterocycles. The topological polar surface area (TPSA) is 72.4 Å². The Bertz CT molecular complexity index is 984. The molecule has 27 heavy (non-hydrogen) atoms. The molecule has 2 aromatic carbocycles. The highest BCUT2D eigenvalue weighted by Gasteiger charge is 2.17. The molecule has 0 aliphatic carbocycles. The third-order valence-electron chi connectivity index (χ3n) is 4.15. The number of hydrazine groups is 1. The molecule has 1 atom stereocenters. The Kier molecular flexibility index (Phi) is 5.40. The van der Waals surface area contributed by atoms with Gasteiger partial charge in [0.1, 0.15) is 6.54 Å². The normalized spacial score (nSPS) is 11.8. The molecule has 3 rings (SSSR count). The average Bonchev–Trinajstić information content (AvgIpc) is 2.97. The summed E-state index contributed by atoms with van der Waals surface area (Å²) in [5.74, 6) is -1.55. The standard InChI is InChI=1S/C20H20FN3O3/c1-13-11-15-7-3-5-9-17(15)24(13)12-19(25)22-23-20(26)14(2)27-18-10-6-4-8-16(18)21/h3-11,14H,12H2,1-2H3,(H,22,25)(H,23,26). The lowest BCUT2D eigenvalue weighted by Crippen LogP contribution is -2.48. The van der Waals surface area contributed by atoms with Crippen molar-refractivity contribution in [3.8, 4) is 5.75 Å². The van der Waals surface area contributed by atoms with Crippen LogP contribution in [0, 0.1) is 12.7 Å². The summed E-state index contributed by atoms with van der Waals surface area (Å²) in [4.78, 5) is 24.3. The minimum absolute atomic E-state index is 0.0269. The van der Waals surface area contributed by atoms with Crippen LogP contribution in [-0.2, 0) is 16.1 Å². The number of para-hydroxylation sites is 2. The fourth-order valence-electron chi connectivity index (χ4n) is 2.76. The van der Waals surface area contributed by atoms with Crippen molar-refractivity contribution in [1.29, 1.82) is 0 Å². The number of aromatic nitrogens is 1. The van der Waals surface area contributed by atoms with E-state index in [9.17, 15) is 14.0 Å². The highest BCUT2D eigenvalue weighted by atomic mass is 19.1. The second kappa shape index (κ2) is 7.90. The fourth-order valence-corrected chi connectivity index (χ4v) is 2.76. The Hall–Kier alpha value is -3.35. The molecule has 140 valence electrons. The number of benzene rings is 2. The number of nitrogens with zero attached hydrogens (tertiary/aromatic N) is 1. The summed E-state index contributed by atoms with van der Waals surface area (Å²) in [7, 11) is 0. The van der Waals surface area contributed by atoms with Crippen LogP contribution in [0.15, 0.2) is 54.6 Å². The summed E-state index contributed by atoms with van der Waals surface area (Å²) in [5, 5.41) is 1.04. The molecule has 0 saturated heterocycles. The van der Waals surface area contributed by atoms with Gasteiger partial charge in [0.25, 0.3) is 11.8 Å². The molecule has 2 amide bonds. The molecule has 1 heterocycles. The molecule has 0 saturated carbocycles. The number of aryl methyl sites for hydroxylation is 1. The van der Waals surface area contributed by atoms with Crippen LogP contribution in [0.5, 0.6) is 5.75 Å². The van der Waals surface area contributed by atoms with Crippen LogP contribution < -0.4 is 15.6 Å². The first-order valence-corrected chi connectivity index (χ1v) is 8.50. The number of hydrogen-bond donors (Lipinski definition) is 2. The van der Waals surface area contributed by atoms with Gasteiger partial charge in [-0.2, -0.15) is 0 Å². The Morgan fingerprint density at radius 2 is 1.81 bits per heavy atom. The zero-order valence-corrected chi connectivity index (χ0v) is 15.0. The second-order valence-electron chi connectivity index (χ2n) is 6.16. The Labute approximate surface area is 155 Å². The van der Waals surface area contributed by atoms with E-state index in [4.69, 9.17) is 4.74 Å². The zero-order valence-electron chi connectivity index (χ0n) is 15.0. The van der Waals surface area contributed by atoms with Crippen LogP contribution in [-0.4, -0.2) is 22.5 Å². The Morgan fingerprint density at radius 1 is 1.11 bits per heavy atom. The van der Waals surface area contributed by atoms with Crippen molar-refractivity contribution in [2.45, 2.75) is 26.5 Å². The van der Waals surface area contributed by atoms with Gasteiger partial charge < -0.3 is 9.30 Å². The summed E-state index contributed by atoms with van der Waals surface area (Å²) in [6, 6.07) is 15.5. The first-order valence-electron chi connectivity index (χ1n) is 8.50. The van der Waals surface area contributed by atoms with Crippen LogP contribution in [0.25, 0.3) is 10.9 Å². The van der Waals surface area contributed by atoms with Gasteiger partial charge in [0.2, 0.25) is 0 Å². The average molecular weight is 369 g/mol. The van der Waals surface area contributed by atoms with E-state index >= 15 is 0 Å². The summed E-state index contributed by atoms with van der Waals surface area (Å²) in [6.07, 6.45) is -0.976. The number of nitrogens with one attached hydrogen (secondary N) is 2. The predicted octanol–water partition coefficient (Wildman–Crippen LogP) is 2.70. The van der Waals surface area contributed by atoms with Gasteiger partial charge in [-0.3, -0.25) is 20.4 Å². The molecule has 0 radical (unpaired) electrons. The third kappa shape index (κ3) is 4.25. The van der Waals surface area contributed by atoms with E-state index in [1.165, 1.54) is 25.1 Å². The lowest BCUT2D eigenvalue weighted by Gasteiger charge is -2.16. The van der Waals surface area contributed by atoms with Crippen LogP contribution in [0.4, 0.5) is 4.39 Å². The molecule has 0 aliphatic rings. The van der Waals surface area contributed by atoms with E-state index in [0.29, 0.717) is 0 Å². The summed E-state index contributed by atoms with van der Waals surface area (Å²) < 4.78 is 20.7. The first kappa shape index (κ1) is 18.4. The van der Waals surface area contributed by atoms with E-state index in [0.717, 1.165) is 16.6 Å². The molecular weight excluding hydrogens is 349 g/mol. The van der Waals surface area contributed by atoms with E-state index in [2.05, 4.69) is 10.9 Å². The van der Waals surface area contributed by atoms with E-state index in [-0.39, 0.29) is 18.2 Å². The summed E-state index contributed by atoms with van der Waals surface area (Å²) in [6.45, 7) is 3.44. The maximum Gasteiger partial charge on any atom is 0.279 e. The van der Waals surface area contributed by atoms with Crippen LogP contribution >= 0.6 is 0 Å². The number of fused-ring (bicyclic) bond motifs is 1. The maximum atomic E-state index is 13.6. The van der Waals surface area contributed by atoms with Crippen molar-refractivity contribution >= 4 is 22.7 Å². The smallest absolute Gasteiger partial charge is 0.279 e. The van der Waals surface area contributed by atoms with Gasteiger partial charge in [-0.05, 0) is 43.5 Å². The van der Waals surface area contributed by atoms with Gasteiger partial charge in [0, 0.05) is 11.2 Å². The number of amides is 2. The lowest BCUT2D eigenvalue weighted by molar-refractivity contribution is -0.133. The van der Waals surface area contributed by atoms with Crippen molar-refractivity contribution < 1.29 is 18.7 Å². The summed E-state index contributed by atoms with van der Waals surface area (Å²) in [5.41, 5.74) is 6.54. The Morgan fingerprint density at radius 3 is 2.59 bits per heavy atom. The minimum Gasteiger partial charge on any atom is -0.478 e. The van der Waals surface area contributed by atoms with Crippen molar-refractivity contribution in [3.05, 3.63) is 66.1 Å². The van der Waals surface area contributed by atoms with E-state index in [1.807, 2.05) is 41.8 Å². The largest absolute Gasteiger partial charge is 0.478 e. The molecule has 6 nitrogen and oxygen atoms in total. The maximum absolute atomic E-state index is 13.6. The minimum atomic E-state index is -0.976. The molecule has 3 aromatic rings. The molecule has 1 unspecified atom stereocenters. The number of rotatable bonds is 5. The van der Waals surface area contributed by atoms with Crippen molar-refractivity contribution in [2.75, 3.05) is 0 Å². The number of ether oxygens (including phenoxy) is 1. The van der Waals surface area contributed by atoms with Gasteiger partial charge in [-0.15, -0.1) is 0 Å². The van der Waals surface area contributed by atoms with Gasteiger partial charge >= 0.3 is 0 Å². The highest BCUT2D eigenvalue weighted by molar-refractivity contribution is 5.86. The van der Waals surface area contributed by atoms with Gasteiger partial charge in [-0.1, -0.05) is 30.3 Å². The molecule has 0 bridgehead atoms. The number of carbonyl (C=O) groups is 2. The molecule has 0 aliphatic heterocycles. The number of carbonyl (C=O) groups excluding carboxylic acids is 2. The van der Waals surface area contributed by atoms with E-state index in [1.54, 1.807) is 6.07 Å². The highest BCUT2D eigenvalue weighted by Crippen LogP contribution is 2.19. The van der Waals surface area contributed by atoms with Crippen LogP contribution in [0.3, 0.4) is 0 Å². The van der Waals surface area contributed by atoms with Crippen molar-refractivity contribution in [2.24, 2.45) is 0 Å². The number of hydrogen-bond acceptors (Lipinski definition) is 3. The van der Waals surface area contributed by atoms with E-state index < -0.39 is 17.8 Å². The van der Waals surface area contributed by atoms with Crippen molar-refractivity contribution in [3.63, 3.8) is 0 Å². The predicted molar refractivity (Wildman–Crippen MR) is 99.5 cm³/mol. The third-order valence-corrected chi connectivity index (χ3v) is 4.15. The quantitative estimate of drug-likeness (QED) is 0.679. The molecule has 0 spiro atoms. The molecular formula is C20H20FN3O3. The lowest BCUT2D eigenvalue weighted by atomic mass is 10.2. The molecule has 0 fully saturated rings.